The topological polar surface area (TPSA) is 18.5 Å². The van der Waals surface area contributed by atoms with Crippen molar-refractivity contribution < 1.29 is 9.47 Å². The Bertz CT molecular complexity index is 333. The van der Waals surface area contributed by atoms with E-state index in [9.17, 15) is 0 Å². The van der Waals surface area contributed by atoms with Crippen LogP contribution in [-0.4, -0.2) is 43.7 Å². The fourth-order valence-electron chi connectivity index (χ4n) is 2.05. The van der Waals surface area contributed by atoms with Crippen LogP contribution in [0.25, 0.3) is 0 Å². The third-order valence-corrected chi connectivity index (χ3v) is 4.52. The van der Waals surface area contributed by atoms with Gasteiger partial charge in [-0.05, 0) is 49.2 Å². The summed E-state index contributed by atoms with van der Waals surface area (Å²) in [5, 5.41) is 0. The first-order valence-corrected chi connectivity index (χ1v) is 10.1. The summed E-state index contributed by atoms with van der Waals surface area (Å²) in [6.07, 6.45) is 5.79. The van der Waals surface area contributed by atoms with E-state index < -0.39 is 0 Å². The van der Waals surface area contributed by atoms with Gasteiger partial charge in [0.1, 0.15) is 0 Å². The molecule has 2 nitrogen and oxygen atoms in total. The van der Waals surface area contributed by atoms with Gasteiger partial charge in [-0.1, -0.05) is 30.3 Å². The van der Waals surface area contributed by atoms with E-state index in [1.54, 1.807) is 0 Å². The Morgan fingerprint density at radius 1 is 0.773 bits per heavy atom. The number of aryl methyl sites for hydroxylation is 1. The molecule has 0 fully saturated rings. The second kappa shape index (κ2) is 15.7. The van der Waals surface area contributed by atoms with E-state index in [2.05, 4.69) is 43.0 Å². The lowest BCUT2D eigenvalue weighted by Gasteiger charge is -2.05. The van der Waals surface area contributed by atoms with Crippen LogP contribution in [0.4, 0.5) is 0 Å². The van der Waals surface area contributed by atoms with E-state index in [1.807, 2.05) is 11.8 Å². The largest absolute Gasteiger partial charge is 0.381 e. The van der Waals surface area contributed by atoms with Crippen molar-refractivity contribution in [3.63, 3.8) is 0 Å². The standard InChI is InChI=1S/C18H30O2S2/c21-15-14-20-12-6-2-5-11-19-13-7-16-22-17-10-18-8-3-1-4-9-18/h1,3-4,8-9,21H,2,5-7,10-17H2. The molecule has 0 saturated carbocycles. The van der Waals surface area contributed by atoms with E-state index in [4.69, 9.17) is 9.47 Å². The highest BCUT2D eigenvalue weighted by molar-refractivity contribution is 7.99. The highest BCUT2D eigenvalue weighted by atomic mass is 32.2. The molecule has 0 aliphatic heterocycles. The van der Waals surface area contributed by atoms with Gasteiger partial charge in [-0.25, -0.2) is 0 Å². The molecule has 0 atom stereocenters. The number of ether oxygens (including phenoxy) is 2. The third kappa shape index (κ3) is 12.4. The highest BCUT2D eigenvalue weighted by Gasteiger charge is 1.95. The summed E-state index contributed by atoms with van der Waals surface area (Å²) >= 11 is 6.13. The van der Waals surface area contributed by atoms with Gasteiger partial charge in [-0.15, -0.1) is 0 Å². The molecule has 0 aromatic heterocycles. The van der Waals surface area contributed by atoms with E-state index >= 15 is 0 Å². The van der Waals surface area contributed by atoms with Crippen molar-refractivity contribution in [3.05, 3.63) is 35.9 Å². The molecule has 126 valence electrons. The maximum Gasteiger partial charge on any atom is 0.0554 e. The Morgan fingerprint density at radius 2 is 1.45 bits per heavy atom. The predicted octanol–water partition coefficient (Wildman–Crippen LogP) is 4.49. The summed E-state index contributed by atoms with van der Waals surface area (Å²) in [5.74, 6) is 3.22. The Balaban J connectivity index is 1.73. The van der Waals surface area contributed by atoms with Gasteiger partial charge in [0, 0.05) is 25.6 Å². The average molecular weight is 343 g/mol. The van der Waals surface area contributed by atoms with Gasteiger partial charge in [0.2, 0.25) is 0 Å². The number of rotatable bonds is 15. The maximum absolute atomic E-state index is 5.66. The fourth-order valence-corrected chi connectivity index (χ4v) is 3.09. The van der Waals surface area contributed by atoms with E-state index in [-0.39, 0.29) is 0 Å². The second-order valence-corrected chi connectivity index (χ2v) is 6.88. The third-order valence-electron chi connectivity index (χ3n) is 3.27. The molecule has 1 rings (SSSR count). The minimum atomic E-state index is 0.765. The second-order valence-electron chi connectivity index (χ2n) is 5.21. The molecule has 0 spiro atoms. The Kier molecular flexibility index (Phi) is 14.2. The normalized spacial score (nSPS) is 11.0. The zero-order chi connectivity index (χ0) is 15.7. The first-order chi connectivity index (χ1) is 10.9. The summed E-state index contributed by atoms with van der Waals surface area (Å²) in [4.78, 5) is 0. The summed E-state index contributed by atoms with van der Waals surface area (Å²) in [5.41, 5.74) is 1.43. The van der Waals surface area contributed by atoms with Gasteiger partial charge < -0.3 is 9.47 Å². The predicted molar refractivity (Wildman–Crippen MR) is 101 cm³/mol. The molecule has 0 radical (unpaired) electrons. The van der Waals surface area contributed by atoms with Crippen molar-refractivity contribution in [2.24, 2.45) is 0 Å². The number of unbranched alkanes of at least 4 members (excludes halogenated alkanes) is 2. The first kappa shape index (κ1) is 19.9. The van der Waals surface area contributed by atoms with Gasteiger partial charge in [0.05, 0.1) is 6.61 Å². The molecule has 0 aliphatic carbocycles. The molecule has 0 heterocycles. The van der Waals surface area contributed by atoms with E-state index in [0.717, 1.165) is 51.4 Å². The lowest BCUT2D eigenvalue weighted by molar-refractivity contribution is 0.121. The molecule has 0 saturated heterocycles. The van der Waals surface area contributed by atoms with Gasteiger partial charge in [0.25, 0.3) is 0 Å². The molecule has 0 unspecified atom stereocenters. The van der Waals surface area contributed by atoms with Crippen LogP contribution in [0.15, 0.2) is 30.3 Å². The van der Waals surface area contributed by atoms with Crippen LogP contribution < -0.4 is 0 Å². The molecular formula is C18H30O2S2. The number of hydrogen-bond acceptors (Lipinski definition) is 4. The van der Waals surface area contributed by atoms with Crippen LogP contribution >= 0.6 is 24.4 Å². The molecule has 1 aromatic rings. The van der Waals surface area contributed by atoms with Crippen molar-refractivity contribution in [2.45, 2.75) is 32.1 Å². The van der Waals surface area contributed by atoms with Crippen LogP contribution in [0.3, 0.4) is 0 Å². The molecular weight excluding hydrogens is 312 g/mol. The summed E-state index contributed by atoms with van der Waals surface area (Å²) in [7, 11) is 0. The molecule has 0 aliphatic rings. The van der Waals surface area contributed by atoms with Crippen molar-refractivity contribution >= 4 is 24.4 Å². The SMILES string of the molecule is SCCOCCCCCOCCCSCCc1ccccc1. The minimum Gasteiger partial charge on any atom is -0.381 e. The minimum absolute atomic E-state index is 0.765. The monoisotopic (exact) mass is 342 g/mol. The van der Waals surface area contributed by atoms with Crippen LogP contribution in [0.5, 0.6) is 0 Å². The van der Waals surface area contributed by atoms with E-state index in [0.29, 0.717) is 0 Å². The van der Waals surface area contributed by atoms with Gasteiger partial charge in [0.15, 0.2) is 0 Å². The quantitative estimate of drug-likeness (QED) is 0.374. The van der Waals surface area contributed by atoms with Crippen LogP contribution in [-0.2, 0) is 15.9 Å². The van der Waals surface area contributed by atoms with Gasteiger partial charge in [-0.2, -0.15) is 24.4 Å². The van der Waals surface area contributed by atoms with Crippen molar-refractivity contribution in [1.29, 1.82) is 0 Å². The summed E-state index contributed by atoms with van der Waals surface area (Å²) in [6, 6.07) is 10.7. The molecule has 0 amide bonds. The highest BCUT2D eigenvalue weighted by Crippen LogP contribution is 2.08. The van der Waals surface area contributed by atoms with E-state index in [1.165, 1.54) is 29.9 Å². The number of thioether (sulfide) groups is 1. The molecule has 0 N–H and O–H groups in total. The Labute approximate surface area is 145 Å². The zero-order valence-corrected chi connectivity index (χ0v) is 15.3. The van der Waals surface area contributed by atoms with Crippen LogP contribution in [0.1, 0.15) is 31.2 Å². The smallest absolute Gasteiger partial charge is 0.0554 e. The number of thiol groups is 1. The van der Waals surface area contributed by atoms with Crippen LogP contribution in [0.2, 0.25) is 0 Å². The van der Waals surface area contributed by atoms with Crippen molar-refractivity contribution in [1.82, 2.24) is 0 Å². The Hall–Kier alpha value is -0.160. The zero-order valence-electron chi connectivity index (χ0n) is 13.5. The van der Waals surface area contributed by atoms with Crippen molar-refractivity contribution in [3.8, 4) is 0 Å². The summed E-state index contributed by atoms with van der Waals surface area (Å²) < 4.78 is 11.0. The fraction of sp³-hybridized carbons (Fsp3) is 0.667. The lowest BCUT2D eigenvalue weighted by atomic mass is 10.2. The molecule has 1 aromatic carbocycles. The average Bonchev–Trinajstić information content (AvgIpc) is 2.56. The molecule has 0 bridgehead atoms. The van der Waals surface area contributed by atoms with Crippen LogP contribution in [0, 0.1) is 0 Å². The molecule has 22 heavy (non-hydrogen) atoms. The molecule has 4 heteroatoms. The lowest BCUT2D eigenvalue weighted by Crippen LogP contribution is -2.01. The van der Waals surface area contributed by atoms with Gasteiger partial charge >= 0.3 is 0 Å². The maximum atomic E-state index is 5.66. The summed E-state index contributed by atoms with van der Waals surface area (Å²) in [6.45, 7) is 3.41. The Morgan fingerprint density at radius 3 is 2.18 bits per heavy atom. The first-order valence-electron chi connectivity index (χ1n) is 8.31. The number of hydrogen-bond donors (Lipinski definition) is 1. The number of benzene rings is 1. The van der Waals surface area contributed by atoms with Crippen molar-refractivity contribution in [2.75, 3.05) is 43.7 Å². The van der Waals surface area contributed by atoms with Gasteiger partial charge in [-0.3, -0.25) is 0 Å².